The number of benzene rings is 2. The van der Waals surface area contributed by atoms with Crippen molar-refractivity contribution >= 4 is 17.5 Å². The highest BCUT2D eigenvalue weighted by molar-refractivity contribution is 5.88. The second-order valence-electron chi connectivity index (χ2n) is 7.89. The number of carbonyl (C=O) groups excluding carboxylic acids is 2. The number of aliphatic hydroxyl groups is 1. The van der Waals surface area contributed by atoms with E-state index in [-0.39, 0.29) is 17.6 Å². The summed E-state index contributed by atoms with van der Waals surface area (Å²) in [6.45, 7) is 4.80. The van der Waals surface area contributed by atoms with Gasteiger partial charge in [0, 0.05) is 39.2 Å². The Labute approximate surface area is 176 Å². The lowest BCUT2D eigenvalue weighted by molar-refractivity contribution is -0.121. The summed E-state index contributed by atoms with van der Waals surface area (Å²) in [7, 11) is 0. The van der Waals surface area contributed by atoms with E-state index in [1.807, 2.05) is 0 Å². The molecule has 1 aliphatic rings. The zero-order valence-corrected chi connectivity index (χ0v) is 17.3. The molecule has 2 amide bonds. The van der Waals surface area contributed by atoms with Gasteiger partial charge in [0.15, 0.2) is 0 Å². The summed E-state index contributed by atoms with van der Waals surface area (Å²) in [5.74, 6) is -0.561. The quantitative estimate of drug-likeness (QED) is 0.680. The molecule has 1 atom stereocenters. The maximum atomic E-state index is 13.4. The van der Waals surface area contributed by atoms with Gasteiger partial charge < -0.3 is 20.6 Å². The number of amides is 2. The van der Waals surface area contributed by atoms with Crippen LogP contribution in [0, 0.1) is 5.82 Å². The van der Waals surface area contributed by atoms with E-state index in [9.17, 15) is 19.1 Å². The molecule has 0 spiro atoms. The summed E-state index contributed by atoms with van der Waals surface area (Å²) in [6, 6.07) is 13.4. The lowest BCUT2D eigenvalue weighted by Gasteiger charge is -2.43. The number of hydrogen-bond donors (Lipinski definition) is 3. The molecule has 0 aliphatic carbocycles. The van der Waals surface area contributed by atoms with Crippen LogP contribution in [0.4, 0.5) is 10.1 Å². The Bertz CT molecular complexity index is 876. The number of nitrogens with one attached hydrogen (secondary N) is 2. The molecule has 30 heavy (non-hydrogen) atoms. The van der Waals surface area contributed by atoms with Crippen molar-refractivity contribution < 1.29 is 19.1 Å². The molecule has 0 bridgehead atoms. The standard InChI is InChI=1S/C23H28FN3O3/c1-16(28)25-21-9-3-18(4-10-21)22(30)15-27-13-11-23(12-14-27,26-17(2)29)19-5-7-20(24)8-6-19/h3-10,22,30H,11-15H2,1-2H3,(H,25,28)(H,26,29). The predicted molar refractivity (Wildman–Crippen MR) is 113 cm³/mol. The highest BCUT2D eigenvalue weighted by Crippen LogP contribution is 2.34. The number of hydrogen-bond acceptors (Lipinski definition) is 4. The Kier molecular flexibility index (Phi) is 6.84. The van der Waals surface area contributed by atoms with Crippen LogP contribution in [0.25, 0.3) is 0 Å². The van der Waals surface area contributed by atoms with E-state index in [4.69, 9.17) is 0 Å². The Balaban J connectivity index is 1.63. The molecule has 0 saturated carbocycles. The van der Waals surface area contributed by atoms with Gasteiger partial charge in [-0.2, -0.15) is 0 Å². The summed E-state index contributed by atoms with van der Waals surface area (Å²) < 4.78 is 13.4. The zero-order valence-electron chi connectivity index (χ0n) is 17.3. The van der Waals surface area contributed by atoms with Crippen molar-refractivity contribution in [2.24, 2.45) is 0 Å². The number of likely N-dealkylation sites (tertiary alicyclic amines) is 1. The fraction of sp³-hybridized carbons (Fsp3) is 0.391. The Morgan fingerprint density at radius 3 is 2.17 bits per heavy atom. The van der Waals surface area contributed by atoms with Crippen LogP contribution in [0.5, 0.6) is 0 Å². The normalized spacial score (nSPS) is 17.2. The van der Waals surface area contributed by atoms with Crippen LogP contribution in [0.15, 0.2) is 48.5 Å². The molecule has 7 heteroatoms. The van der Waals surface area contributed by atoms with Gasteiger partial charge in [0.1, 0.15) is 5.82 Å². The van der Waals surface area contributed by atoms with E-state index < -0.39 is 11.6 Å². The number of β-amino-alcohol motifs (C(OH)–C–C–N with tert-alkyl or cyclic N) is 1. The van der Waals surface area contributed by atoms with Gasteiger partial charge in [0.05, 0.1) is 11.6 Å². The van der Waals surface area contributed by atoms with Crippen molar-refractivity contribution in [1.29, 1.82) is 0 Å². The van der Waals surface area contributed by atoms with Crippen LogP contribution < -0.4 is 10.6 Å². The number of carbonyl (C=O) groups is 2. The van der Waals surface area contributed by atoms with Gasteiger partial charge in [0.2, 0.25) is 11.8 Å². The van der Waals surface area contributed by atoms with Gasteiger partial charge in [-0.3, -0.25) is 9.59 Å². The fourth-order valence-electron chi connectivity index (χ4n) is 4.05. The van der Waals surface area contributed by atoms with Crippen molar-refractivity contribution in [3.63, 3.8) is 0 Å². The van der Waals surface area contributed by atoms with Gasteiger partial charge in [-0.05, 0) is 48.2 Å². The van der Waals surface area contributed by atoms with Crippen molar-refractivity contribution in [3.05, 3.63) is 65.5 Å². The second kappa shape index (κ2) is 9.36. The van der Waals surface area contributed by atoms with Gasteiger partial charge in [-0.1, -0.05) is 24.3 Å². The topological polar surface area (TPSA) is 81.7 Å². The van der Waals surface area contributed by atoms with Crippen molar-refractivity contribution in [2.75, 3.05) is 25.0 Å². The molecule has 6 nitrogen and oxygen atoms in total. The minimum atomic E-state index is -0.657. The summed E-state index contributed by atoms with van der Waals surface area (Å²) in [5.41, 5.74) is 1.84. The Hall–Kier alpha value is -2.77. The first kappa shape index (κ1) is 21.9. The average molecular weight is 413 g/mol. The van der Waals surface area contributed by atoms with Crippen molar-refractivity contribution in [2.45, 2.75) is 38.3 Å². The highest BCUT2D eigenvalue weighted by atomic mass is 19.1. The molecule has 0 radical (unpaired) electrons. The molecule has 2 aromatic rings. The number of anilines is 1. The molecular formula is C23H28FN3O3. The third-order valence-corrected chi connectivity index (χ3v) is 5.57. The molecule has 160 valence electrons. The number of piperidine rings is 1. The van der Waals surface area contributed by atoms with Crippen molar-refractivity contribution in [3.8, 4) is 0 Å². The van der Waals surface area contributed by atoms with Crippen LogP contribution in [-0.2, 0) is 15.1 Å². The molecule has 0 aromatic heterocycles. The van der Waals surface area contributed by atoms with Gasteiger partial charge in [-0.15, -0.1) is 0 Å². The first-order chi connectivity index (χ1) is 14.3. The van der Waals surface area contributed by atoms with E-state index in [1.54, 1.807) is 36.4 Å². The highest BCUT2D eigenvalue weighted by Gasteiger charge is 2.37. The third kappa shape index (κ3) is 5.43. The molecule has 2 aromatic carbocycles. The second-order valence-corrected chi connectivity index (χ2v) is 7.89. The Morgan fingerprint density at radius 2 is 1.63 bits per heavy atom. The number of nitrogens with zero attached hydrogens (tertiary/aromatic N) is 1. The van der Waals surface area contributed by atoms with Crippen LogP contribution >= 0.6 is 0 Å². The van der Waals surface area contributed by atoms with E-state index >= 15 is 0 Å². The molecule has 1 unspecified atom stereocenters. The zero-order chi connectivity index (χ0) is 21.7. The van der Waals surface area contributed by atoms with Crippen LogP contribution in [0.3, 0.4) is 0 Å². The fourth-order valence-corrected chi connectivity index (χ4v) is 4.05. The third-order valence-electron chi connectivity index (χ3n) is 5.57. The minimum Gasteiger partial charge on any atom is -0.387 e. The first-order valence-corrected chi connectivity index (χ1v) is 10.1. The molecule has 1 saturated heterocycles. The smallest absolute Gasteiger partial charge is 0.221 e. The van der Waals surface area contributed by atoms with Crippen LogP contribution in [0.1, 0.15) is 43.9 Å². The maximum Gasteiger partial charge on any atom is 0.221 e. The molecule has 1 fully saturated rings. The van der Waals surface area contributed by atoms with E-state index in [0.29, 0.717) is 38.2 Å². The summed E-state index contributed by atoms with van der Waals surface area (Å²) in [5, 5.41) is 16.4. The summed E-state index contributed by atoms with van der Waals surface area (Å²) in [6.07, 6.45) is 0.689. The monoisotopic (exact) mass is 413 g/mol. The SMILES string of the molecule is CC(=O)Nc1ccc(C(O)CN2CCC(NC(C)=O)(c3ccc(F)cc3)CC2)cc1. The van der Waals surface area contributed by atoms with Gasteiger partial charge in [-0.25, -0.2) is 4.39 Å². The van der Waals surface area contributed by atoms with Gasteiger partial charge in [0.25, 0.3) is 0 Å². The van der Waals surface area contributed by atoms with E-state index in [1.165, 1.54) is 26.0 Å². The lowest BCUT2D eigenvalue weighted by atomic mass is 9.80. The van der Waals surface area contributed by atoms with Gasteiger partial charge >= 0.3 is 0 Å². The lowest BCUT2D eigenvalue weighted by Crippen LogP contribution is -2.53. The molecule has 3 rings (SSSR count). The summed E-state index contributed by atoms with van der Waals surface area (Å²) in [4.78, 5) is 25.1. The molecule has 1 heterocycles. The number of aliphatic hydroxyl groups excluding tert-OH is 1. The first-order valence-electron chi connectivity index (χ1n) is 10.1. The van der Waals surface area contributed by atoms with E-state index in [2.05, 4.69) is 15.5 Å². The molecule has 3 N–H and O–H groups in total. The number of halogens is 1. The number of rotatable bonds is 6. The molecule has 1 aliphatic heterocycles. The van der Waals surface area contributed by atoms with Crippen LogP contribution in [-0.4, -0.2) is 41.5 Å². The predicted octanol–water partition coefficient (Wildman–Crippen LogP) is 2.94. The Morgan fingerprint density at radius 1 is 1.03 bits per heavy atom. The summed E-state index contributed by atoms with van der Waals surface area (Å²) >= 11 is 0. The largest absolute Gasteiger partial charge is 0.387 e. The maximum absolute atomic E-state index is 13.4. The average Bonchev–Trinajstić information content (AvgIpc) is 2.70. The minimum absolute atomic E-state index is 0.118. The molecular weight excluding hydrogens is 385 g/mol. The van der Waals surface area contributed by atoms with E-state index in [0.717, 1.165) is 11.1 Å². The van der Waals surface area contributed by atoms with Crippen molar-refractivity contribution in [1.82, 2.24) is 10.2 Å². The van der Waals surface area contributed by atoms with Crippen LogP contribution in [0.2, 0.25) is 0 Å².